The second kappa shape index (κ2) is 5.60. The summed E-state index contributed by atoms with van der Waals surface area (Å²) in [7, 11) is -0.678. The minimum Gasteiger partial charge on any atom is -0.481 e. The fraction of sp³-hybridized carbons (Fsp3) is 0.889. The molecule has 6 nitrogen and oxygen atoms in total. The van der Waals surface area contributed by atoms with Crippen LogP contribution in [0.4, 0.5) is 0 Å². The molecule has 96 valence electrons. The second-order valence-electron chi connectivity index (χ2n) is 4.19. The number of carbonyl (C=O) groups is 1. The Bertz CT molecular complexity index is 336. The van der Waals surface area contributed by atoms with E-state index in [0.29, 0.717) is 0 Å². The highest BCUT2D eigenvalue weighted by Gasteiger charge is 2.28. The molecule has 0 saturated carbocycles. The molecule has 0 aliphatic heterocycles. The van der Waals surface area contributed by atoms with Gasteiger partial charge in [0.15, 0.2) is 0 Å². The number of methoxy groups -OCH3 is 1. The van der Waals surface area contributed by atoms with Gasteiger partial charge in [-0.3, -0.25) is 4.79 Å². The van der Waals surface area contributed by atoms with Crippen molar-refractivity contribution in [2.75, 3.05) is 26.5 Å². The van der Waals surface area contributed by atoms with Gasteiger partial charge in [0.1, 0.15) is 0 Å². The lowest BCUT2D eigenvalue weighted by Gasteiger charge is -2.25. The first-order valence-electron chi connectivity index (χ1n) is 4.82. The van der Waals surface area contributed by atoms with E-state index in [-0.39, 0.29) is 18.7 Å². The van der Waals surface area contributed by atoms with Gasteiger partial charge in [-0.1, -0.05) is 0 Å². The zero-order valence-corrected chi connectivity index (χ0v) is 10.9. The lowest BCUT2D eigenvalue weighted by molar-refractivity contribution is -0.137. The van der Waals surface area contributed by atoms with Crippen molar-refractivity contribution < 1.29 is 23.1 Å². The van der Waals surface area contributed by atoms with Gasteiger partial charge in [0.25, 0.3) is 0 Å². The summed E-state index contributed by atoms with van der Waals surface area (Å²) in [6.45, 7) is 3.29. The fourth-order valence-corrected chi connectivity index (χ4v) is 2.59. The zero-order valence-electron chi connectivity index (χ0n) is 10.1. The molecule has 0 fully saturated rings. The second-order valence-corrected chi connectivity index (χ2v) is 6.26. The molecule has 0 radical (unpaired) electrons. The van der Waals surface area contributed by atoms with E-state index in [1.807, 2.05) is 0 Å². The molecule has 16 heavy (non-hydrogen) atoms. The maximum Gasteiger partial charge on any atom is 0.304 e. The molecule has 0 unspecified atom stereocenters. The van der Waals surface area contributed by atoms with Crippen molar-refractivity contribution in [3.63, 3.8) is 0 Å². The van der Waals surface area contributed by atoms with Crippen LogP contribution < -0.4 is 0 Å². The van der Waals surface area contributed by atoms with Crippen LogP contribution in [-0.2, 0) is 19.6 Å². The summed E-state index contributed by atoms with van der Waals surface area (Å²) < 4.78 is 29.6. The molecule has 0 amide bonds. The van der Waals surface area contributed by atoms with Gasteiger partial charge in [-0.25, -0.2) is 12.7 Å². The van der Waals surface area contributed by atoms with Gasteiger partial charge in [0, 0.05) is 20.7 Å². The molecule has 1 N–H and O–H groups in total. The SMILES string of the molecule is COC(C)(C)CS(=O)(=O)N(C)CCC(=O)O. The lowest BCUT2D eigenvalue weighted by Crippen LogP contribution is -2.40. The minimum atomic E-state index is -3.48. The molecule has 0 atom stereocenters. The molecular weight excluding hydrogens is 234 g/mol. The number of nitrogens with zero attached hydrogens (tertiary/aromatic N) is 1. The van der Waals surface area contributed by atoms with Crippen LogP contribution in [0, 0.1) is 0 Å². The number of hydrogen-bond donors (Lipinski definition) is 1. The Balaban J connectivity index is 4.49. The molecule has 0 heterocycles. The molecule has 0 aliphatic carbocycles. The molecular formula is C9H19NO5S. The van der Waals surface area contributed by atoms with E-state index in [9.17, 15) is 13.2 Å². The Morgan fingerprint density at radius 2 is 1.94 bits per heavy atom. The van der Waals surface area contributed by atoms with E-state index in [4.69, 9.17) is 9.84 Å². The quantitative estimate of drug-likeness (QED) is 0.698. The van der Waals surface area contributed by atoms with Gasteiger partial charge < -0.3 is 9.84 Å². The molecule has 0 bridgehead atoms. The molecule has 0 aliphatic rings. The number of aliphatic carboxylic acids is 1. The van der Waals surface area contributed by atoms with E-state index in [1.165, 1.54) is 14.2 Å². The summed E-state index contributed by atoms with van der Waals surface area (Å²) in [6, 6.07) is 0. The standard InChI is InChI=1S/C9H19NO5S/c1-9(2,15-4)7-16(13,14)10(3)6-5-8(11)12/h5-7H2,1-4H3,(H,11,12). The predicted octanol–water partition coefficient (Wildman–Crippen LogP) is 0.148. The largest absolute Gasteiger partial charge is 0.481 e. The van der Waals surface area contributed by atoms with E-state index < -0.39 is 21.6 Å². The first-order valence-corrected chi connectivity index (χ1v) is 6.42. The summed E-state index contributed by atoms with van der Waals surface area (Å²) in [4.78, 5) is 10.3. The zero-order chi connectivity index (χ0) is 13.0. The maximum atomic E-state index is 11.8. The summed E-state index contributed by atoms with van der Waals surface area (Å²) >= 11 is 0. The first-order chi connectivity index (χ1) is 7.10. The van der Waals surface area contributed by atoms with Crippen LogP contribution in [0.3, 0.4) is 0 Å². The van der Waals surface area contributed by atoms with E-state index >= 15 is 0 Å². The molecule has 0 saturated heterocycles. The van der Waals surface area contributed by atoms with Crippen LogP contribution in [0.15, 0.2) is 0 Å². The molecule has 0 aromatic heterocycles. The van der Waals surface area contributed by atoms with Gasteiger partial charge in [-0.2, -0.15) is 0 Å². The topological polar surface area (TPSA) is 83.9 Å². The number of carboxylic acids is 1. The van der Waals surface area contributed by atoms with Gasteiger partial charge in [-0.05, 0) is 13.8 Å². The summed E-state index contributed by atoms with van der Waals surface area (Å²) in [5.74, 6) is -1.19. The highest BCUT2D eigenvalue weighted by Crippen LogP contribution is 2.13. The van der Waals surface area contributed by atoms with Gasteiger partial charge in [0.2, 0.25) is 10.0 Å². The molecule has 7 heteroatoms. The third-order valence-corrected chi connectivity index (χ3v) is 4.39. The monoisotopic (exact) mass is 253 g/mol. The average molecular weight is 253 g/mol. The van der Waals surface area contributed by atoms with Crippen molar-refractivity contribution in [2.24, 2.45) is 0 Å². The Kier molecular flexibility index (Phi) is 5.37. The predicted molar refractivity (Wildman–Crippen MR) is 59.8 cm³/mol. The van der Waals surface area contributed by atoms with E-state index in [2.05, 4.69) is 0 Å². The fourth-order valence-electron chi connectivity index (χ4n) is 1.00. The highest BCUT2D eigenvalue weighted by atomic mass is 32.2. The van der Waals surface area contributed by atoms with E-state index in [0.717, 1.165) is 4.31 Å². The highest BCUT2D eigenvalue weighted by molar-refractivity contribution is 7.89. The van der Waals surface area contributed by atoms with E-state index in [1.54, 1.807) is 13.8 Å². The first kappa shape index (κ1) is 15.3. The van der Waals surface area contributed by atoms with Crippen molar-refractivity contribution >= 4 is 16.0 Å². The summed E-state index contributed by atoms with van der Waals surface area (Å²) in [5.41, 5.74) is -0.781. The number of rotatable bonds is 7. The number of carboxylic acid groups (broad SMARTS) is 1. The van der Waals surface area contributed by atoms with Crippen molar-refractivity contribution in [3.05, 3.63) is 0 Å². The third-order valence-electron chi connectivity index (χ3n) is 2.20. The molecule has 0 rings (SSSR count). The maximum absolute atomic E-state index is 11.8. The summed E-state index contributed by atoms with van der Waals surface area (Å²) in [5, 5.41) is 8.46. The minimum absolute atomic E-state index is 0.0303. The number of hydrogen-bond acceptors (Lipinski definition) is 4. The molecule has 0 aromatic carbocycles. The molecule has 0 spiro atoms. The lowest BCUT2D eigenvalue weighted by atomic mass is 10.2. The Hall–Kier alpha value is -0.660. The van der Waals surface area contributed by atoms with Crippen LogP contribution in [0.25, 0.3) is 0 Å². The average Bonchev–Trinajstić information content (AvgIpc) is 2.12. The van der Waals surface area contributed by atoms with Gasteiger partial charge >= 0.3 is 5.97 Å². The summed E-state index contributed by atoms with van der Waals surface area (Å²) in [6.07, 6.45) is -0.205. The van der Waals surface area contributed by atoms with Gasteiger partial charge in [-0.15, -0.1) is 0 Å². The Morgan fingerprint density at radius 3 is 2.31 bits per heavy atom. The smallest absolute Gasteiger partial charge is 0.304 e. The Labute approximate surface area is 96.2 Å². The van der Waals surface area contributed by atoms with Crippen molar-refractivity contribution in [2.45, 2.75) is 25.9 Å². The van der Waals surface area contributed by atoms with Crippen LogP contribution in [-0.4, -0.2) is 55.9 Å². The number of ether oxygens (including phenoxy) is 1. The van der Waals surface area contributed by atoms with Crippen LogP contribution in [0.2, 0.25) is 0 Å². The third kappa shape index (κ3) is 5.43. The molecule has 0 aromatic rings. The normalized spacial score (nSPS) is 13.1. The van der Waals surface area contributed by atoms with Crippen LogP contribution >= 0.6 is 0 Å². The van der Waals surface area contributed by atoms with Crippen molar-refractivity contribution in [1.29, 1.82) is 0 Å². The number of sulfonamides is 1. The van der Waals surface area contributed by atoms with Crippen LogP contribution in [0.5, 0.6) is 0 Å². The van der Waals surface area contributed by atoms with Gasteiger partial charge in [0.05, 0.1) is 17.8 Å². The van der Waals surface area contributed by atoms with Crippen LogP contribution in [0.1, 0.15) is 20.3 Å². The van der Waals surface area contributed by atoms with Crippen molar-refractivity contribution in [3.8, 4) is 0 Å². The Morgan fingerprint density at radius 1 is 1.44 bits per heavy atom. The van der Waals surface area contributed by atoms with Crippen molar-refractivity contribution in [1.82, 2.24) is 4.31 Å².